The second-order valence-corrected chi connectivity index (χ2v) is 8.13. The quantitative estimate of drug-likeness (QED) is 0.204. The molecule has 0 atom stereocenters. The van der Waals surface area contributed by atoms with Crippen molar-refractivity contribution in [3.8, 4) is 44.5 Å². The molecule has 0 saturated heterocycles. The molecule has 38 heavy (non-hydrogen) atoms. The third-order valence-corrected chi connectivity index (χ3v) is 5.80. The highest BCUT2D eigenvalue weighted by Crippen LogP contribution is 2.56. The van der Waals surface area contributed by atoms with Crippen LogP contribution < -0.4 is 0 Å². The molecule has 190 valence electrons. The van der Waals surface area contributed by atoms with E-state index in [9.17, 15) is 0 Å². The normalized spacial score (nSPS) is 14.9. The van der Waals surface area contributed by atoms with Crippen molar-refractivity contribution in [1.82, 2.24) is 0 Å². The van der Waals surface area contributed by atoms with Crippen LogP contribution in [0.15, 0.2) is 121 Å². The molecular weight excluding hydrogens is 498 g/mol. The molecule has 0 aromatic heterocycles. The lowest BCUT2D eigenvalue weighted by molar-refractivity contribution is -0.139. The Bertz CT molecular complexity index is 1670. The van der Waals surface area contributed by atoms with Gasteiger partial charge in [-0.1, -0.05) is 121 Å². The third kappa shape index (κ3) is 4.70. The lowest BCUT2D eigenvalue weighted by Crippen LogP contribution is -2.18. The molecule has 0 fully saturated rings. The van der Waals surface area contributed by atoms with Crippen molar-refractivity contribution < 1.29 is 37.3 Å². The van der Waals surface area contributed by atoms with Crippen LogP contribution >= 0.6 is 0 Å². The van der Waals surface area contributed by atoms with Gasteiger partial charge < -0.3 is 0 Å². The number of hydrogen-bond acceptors (Lipinski definition) is 0. The molecule has 5 rings (SSSR count). The van der Waals surface area contributed by atoms with Crippen molar-refractivity contribution in [2.24, 2.45) is 0 Å². The fraction of sp³-hybridized carbons (Fsp3) is 0.0625. The molecule has 0 amide bonds. The topological polar surface area (TPSA) is 0 Å². The highest BCUT2D eigenvalue weighted by molar-refractivity contribution is 6.02. The van der Waals surface area contributed by atoms with Crippen molar-refractivity contribution in [3.05, 3.63) is 132 Å². The summed E-state index contributed by atoms with van der Waals surface area (Å²) in [5.74, 6) is 0. The summed E-state index contributed by atoms with van der Waals surface area (Å²) in [6.45, 7) is 0. The van der Waals surface area contributed by atoms with Crippen LogP contribution in [0.25, 0.3) is 44.5 Å². The number of hydrogen-bond donors (Lipinski definition) is 0. The highest BCUT2D eigenvalue weighted by Gasteiger charge is 2.46. The van der Waals surface area contributed by atoms with Crippen molar-refractivity contribution in [1.29, 1.82) is 0 Å². The molecule has 0 aliphatic heterocycles. The molecule has 0 aliphatic rings. The van der Waals surface area contributed by atoms with Crippen LogP contribution in [0.1, 0.15) is 22.1 Å². The summed E-state index contributed by atoms with van der Waals surface area (Å²) in [6, 6.07) is 7.06. The minimum atomic E-state index is -5.45. The summed E-state index contributed by atoms with van der Waals surface area (Å²) in [4.78, 5) is 0. The Morgan fingerprint density at radius 2 is 0.553 bits per heavy atom. The zero-order valence-electron chi connectivity index (χ0n) is 27.2. The van der Waals surface area contributed by atoms with Gasteiger partial charge in [0.2, 0.25) is 0 Å². The lowest BCUT2D eigenvalue weighted by Gasteiger charge is -2.29. The predicted molar refractivity (Wildman–Crippen MR) is 138 cm³/mol. The van der Waals surface area contributed by atoms with Gasteiger partial charge in [0.25, 0.3) is 0 Å². The van der Waals surface area contributed by atoms with E-state index in [2.05, 4.69) is 0 Å². The predicted octanol–water partition coefficient (Wildman–Crippen LogP) is 10.4. The van der Waals surface area contributed by atoms with E-state index in [4.69, 9.17) is 11.0 Å². The average molecular weight is 527 g/mol. The summed E-state index contributed by atoms with van der Waals surface area (Å²) >= 11 is 0. The van der Waals surface area contributed by atoms with Crippen LogP contribution in [0.5, 0.6) is 0 Å². The van der Waals surface area contributed by atoms with E-state index >= 15 is 26.3 Å². The Hall–Kier alpha value is -4.32. The molecule has 0 bridgehead atoms. The standard InChI is InChI=1S/C32H20F6/c33-31(34,35)29-25(21-13-5-1-6-14-21)26(22-15-7-2-8-16-22)30(32(36,37)38)28(24-19-11-4-12-20-24)27(29)23-17-9-3-10-18-23/h1-20H/i5D,6D,7D,8D,9D,10D,11D,12D. The van der Waals surface area contributed by atoms with E-state index < -0.39 is 116 Å². The molecule has 0 spiro atoms. The molecule has 5 aromatic carbocycles. The largest absolute Gasteiger partial charge is 0.417 e. The second kappa shape index (κ2) is 9.86. The smallest absolute Gasteiger partial charge is 0.166 e. The van der Waals surface area contributed by atoms with Gasteiger partial charge in [-0.25, -0.2) is 0 Å². The van der Waals surface area contributed by atoms with Crippen LogP contribution in [-0.4, -0.2) is 0 Å². The van der Waals surface area contributed by atoms with Gasteiger partial charge in [-0.15, -0.1) is 0 Å². The van der Waals surface area contributed by atoms with E-state index in [0.717, 1.165) is 72.8 Å². The van der Waals surface area contributed by atoms with Crippen LogP contribution in [0.4, 0.5) is 26.3 Å². The van der Waals surface area contributed by atoms with E-state index in [0.29, 0.717) is 0 Å². The fourth-order valence-electron chi connectivity index (χ4n) is 4.46. The van der Waals surface area contributed by atoms with Crippen molar-refractivity contribution in [2.75, 3.05) is 0 Å². The van der Waals surface area contributed by atoms with Gasteiger partial charge >= 0.3 is 12.4 Å². The van der Waals surface area contributed by atoms with E-state index in [-0.39, 0.29) is 0 Å². The van der Waals surface area contributed by atoms with Gasteiger partial charge in [-0.2, -0.15) is 26.3 Å². The first-order chi connectivity index (χ1) is 21.3. The van der Waals surface area contributed by atoms with E-state index in [1.54, 1.807) is 0 Å². The van der Waals surface area contributed by atoms with Gasteiger partial charge in [0, 0.05) is 22.3 Å². The van der Waals surface area contributed by atoms with Gasteiger partial charge in [0.15, 0.2) is 0 Å². The summed E-state index contributed by atoms with van der Waals surface area (Å²) in [5, 5.41) is 0. The maximum Gasteiger partial charge on any atom is 0.417 e. The Balaban J connectivity index is 2.25. The second-order valence-electron chi connectivity index (χ2n) is 8.13. The Kier molecular flexibility index (Phi) is 4.47. The molecule has 0 saturated carbocycles. The van der Waals surface area contributed by atoms with E-state index in [1.807, 2.05) is 0 Å². The van der Waals surface area contributed by atoms with Crippen LogP contribution in [0, 0.1) is 0 Å². The van der Waals surface area contributed by atoms with Crippen molar-refractivity contribution in [3.63, 3.8) is 0 Å². The maximum atomic E-state index is 15.6. The number of halogens is 6. The zero-order chi connectivity index (χ0) is 33.9. The molecule has 0 nitrogen and oxygen atoms in total. The Morgan fingerprint density at radius 3 is 0.711 bits per heavy atom. The summed E-state index contributed by atoms with van der Waals surface area (Å²) in [6.07, 6.45) is -10.9. The summed E-state index contributed by atoms with van der Waals surface area (Å²) in [7, 11) is 0. The molecule has 0 radical (unpaired) electrons. The monoisotopic (exact) mass is 526 g/mol. The van der Waals surface area contributed by atoms with Gasteiger partial charge in [-0.3, -0.25) is 0 Å². The molecule has 0 aliphatic carbocycles. The van der Waals surface area contributed by atoms with Crippen LogP contribution in [0.3, 0.4) is 0 Å². The van der Waals surface area contributed by atoms with Crippen molar-refractivity contribution in [2.45, 2.75) is 12.4 Å². The molecule has 0 heterocycles. The summed E-state index contributed by atoms with van der Waals surface area (Å²) in [5.41, 5.74) is -10.0. The van der Waals surface area contributed by atoms with Crippen LogP contribution in [-0.2, 0) is 12.4 Å². The first-order valence-electron chi connectivity index (χ1n) is 15.1. The Morgan fingerprint density at radius 1 is 0.368 bits per heavy atom. The number of alkyl halides is 6. The van der Waals surface area contributed by atoms with Crippen LogP contribution in [0.2, 0.25) is 0 Å². The zero-order valence-corrected chi connectivity index (χ0v) is 19.2. The maximum absolute atomic E-state index is 15.6. The van der Waals surface area contributed by atoms with Crippen molar-refractivity contribution >= 4 is 0 Å². The minimum Gasteiger partial charge on any atom is -0.166 e. The lowest BCUT2D eigenvalue weighted by atomic mass is 9.77. The summed E-state index contributed by atoms with van der Waals surface area (Å²) < 4.78 is 158. The SMILES string of the molecule is [2H]c1cc([2H])cc(-c2c(-c3cc([2H])cc([2H])c3)c(C(F)(F)F)c(-c3cc([2H])cc([2H])c3)c(-c3cc([2H])cc([2H])c3)c2C(F)(F)F)c1. The van der Waals surface area contributed by atoms with E-state index in [1.165, 1.54) is 0 Å². The average Bonchev–Trinajstić information content (AvgIpc) is 2.88. The molecule has 0 unspecified atom stereocenters. The molecular formula is C32H20F6. The number of benzene rings is 5. The fourth-order valence-corrected chi connectivity index (χ4v) is 4.46. The number of rotatable bonds is 4. The van der Waals surface area contributed by atoms with Gasteiger partial charge in [-0.05, 0) is 22.3 Å². The first-order valence-corrected chi connectivity index (χ1v) is 11.1. The molecule has 0 N–H and O–H groups in total. The third-order valence-electron chi connectivity index (χ3n) is 5.80. The highest BCUT2D eigenvalue weighted by atomic mass is 19.4. The minimum absolute atomic E-state index is 0.474. The molecule has 6 heteroatoms. The molecule has 5 aromatic rings. The van der Waals surface area contributed by atoms with Gasteiger partial charge in [0.05, 0.1) is 22.1 Å². The first kappa shape index (κ1) is 17.2. The Labute approximate surface area is 227 Å². The van der Waals surface area contributed by atoms with Gasteiger partial charge in [0.1, 0.15) is 0 Å².